The third kappa shape index (κ3) is 2.91. The predicted molar refractivity (Wildman–Crippen MR) is 74.4 cm³/mol. The summed E-state index contributed by atoms with van der Waals surface area (Å²) >= 11 is 0. The minimum Gasteiger partial charge on any atom is -0.346 e. The maximum atomic E-state index is 8.86. The fraction of sp³-hybridized carbons (Fsp3) is 0.400. The molecule has 0 aliphatic heterocycles. The van der Waals surface area contributed by atoms with Crippen molar-refractivity contribution in [1.82, 2.24) is 9.88 Å². The van der Waals surface area contributed by atoms with Gasteiger partial charge in [-0.3, -0.25) is 0 Å². The molecule has 0 aliphatic rings. The molecular weight excluding hydrogens is 222 g/mol. The summed E-state index contributed by atoms with van der Waals surface area (Å²) in [6, 6.07) is 10.1. The van der Waals surface area contributed by atoms with Gasteiger partial charge < -0.3 is 9.88 Å². The first-order valence-corrected chi connectivity index (χ1v) is 6.40. The maximum Gasteiger partial charge on any atom is 0.0991 e. The highest BCUT2D eigenvalue weighted by molar-refractivity contribution is 5.81. The molecule has 0 radical (unpaired) electrons. The zero-order chi connectivity index (χ0) is 13.0. The Bertz CT molecular complexity index is 561. The van der Waals surface area contributed by atoms with E-state index in [2.05, 4.69) is 42.1 Å². The van der Waals surface area contributed by atoms with Crippen molar-refractivity contribution in [3.63, 3.8) is 0 Å². The molecule has 1 heterocycles. The lowest BCUT2D eigenvalue weighted by Gasteiger charge is -2.09. The van der Waals surface area contributed by atoms with Crippen LogP contribution in [0.5, 0.6) is 0 Å². The Morgan fingerprint density at radius 1 is 1.33 bits per heavy atom. The second-order valence-corrected chi connectivity index (χ2v) is 4.99. The molecule has 3 heteroatoms. The minimum atomic E-state index is 0.685. The van der Waals surface area contributed by atoms with Crippen molar-refractivity contribution < 1.29 is 0 Å². The standard InChI is InChI=1S/C15H19N3/c1-12(2)11-17-6-8-18-7-5-14-9-13(10-16)3-4-15(14)18/h3-5,7,9,12,17H,6,8,11H2,1-2H3. The molecule has 0 unspecified atom stereocenters. The Morgan fingerprint density at radius 2 is 2.17 bits per heavy atom. The van der Waals surface area contributed by atoms with Crippen LogP contribution in [-0.2, 0) is 6.54 Å². The van der Waals surface area contributed by atoms with E-state index in [0.717, 1.165) is 30.6 Å². The van der Waals surface area contributed by atoms with Gasteiger partial charge in [-0.25, -0.2) is 0 Å². The summed E-state index contributed by atoms with van der Waals surface area (Å²) in [4.78, 5) is 0. The fourth-order valence-corrected chi connectivity index (χ4v) is 2.05. The molecular formula is C15H19N3. The highest BCUT2D eigenvalue weighted by Gasteiger charge is 2.02. The molecule has 0 amide bonds. The van der Waals surface area contributed by atoms with Crippen LogP contribution >= 0.6 is 0 Å². The normalized spacial score (nSPS) is 11.0. The van der Waals surface area contributed by atoms with Crippen LogP contribution in [0, 0.1) is 17.2 Å². The molecule has 94 valence electrons. The average Bonchev–Trinajstić information content (AvgIpc) is 2.76. The van der Waals surface area contributed by atoms with Crippen molar-refractivity contribution in [3.8, 4) is 6.07 Å². The van der Waals surface area contributed by atoms with Gasteiger partial charge in [-0.15, -0.1) is 0 Å². The third-order valence-electron chi connectivity index (χ3n) is 2.98. The second kappa shape index (κ2) is 5.70. The quantitative estimate of drug-likeness (QED) is 0.818. The van der Waals surface area contributed by atoms with Crippen LogP contribution in [0.25, 0.3) is 10.9 Å². The molecule has 0 bridgehead atoms. The van der Waals surface area contributed by atoms with E-state index in [1.54, 1.807) is 0 Å². The van der Waals surface area contributed by atoms with Crippen molar-refractivity contribution in [2.45, 2.75) is 20.4 Å². The SMILES string of the molecule is CC(C)CNCCn1ccc2cc(C#N)ccc21. The Morgan fingerprint density at radius 3 is 2.89 bits per heavy atom. The number of hydrogen-bond donors (Lipinski definition) is 1. The van der Waals surface area contributed by atoms with Crippen LogP contribution in [0.1, 0.15) is 19.4 Å². The van der Waals surface area contributed by atoms with Crippen LogP contribution in [-0.4, -0.2) is 17.7 Å². The van der Waals surface area contributed by atoms with Gasteiger partial charge in [0.1, 0.15) is 0 Å². The second-order valence-electron chi connectivity index (χ2n) is 4.99. The fourth-order valence-electron chi connectivity index (χ4n) is 2.05. The van der Waals surface area contributed by atoms with Crippen molar-refractivity contribution in [2.75, 3.05) is 13.1 Å². The van der Waals surface area contributed by atoms with Gasteiger partial charge in [-0.05, 0) is 36.7 Å². The molecule has 0 saturated carbocycles. The number of nitriles is 1. The Labute approximate surface area is 108 Å². The van der Waals surface area contributed by atoms with Crippen molar-refractivity contribution in [3.05, 3.63) is 36.0 Å². The van der Waals surface area contributed by atoms with Gasteiger partial charge in [-0.1, -0.05) is 13.8 Å². The molecule has 0 fully saturated rings. The minimum absolute atomic E-state index is 0.685. The first kappa shape index (κ1) is 12.7. The van der Waals surface area contributed by atoms with E-state index in [9.17, 15) is 0 Å². The van der Waals surface area contributed by atoms with Gasteiger partial charge in [0.25, 0.3) is 0 Å². The number of hydrogen-bond acceptors (Lipinski definition) is 2. The van der Waals surface area contributed by atoms with Gasteiger partial charge in [0.05, 0.1) is 11.6 Å². The van der Waals surface area contributed by atoms with Gasteiger partial charge in [0, 0.05) is 30.2 Å². The molecule has 0 saturated heterocycles. The third-order valence-corrected chi connectivity index (χ3v) is 2.98. The summed E-state index contributed by atoms with van der Waals surface area (Å²) in [6.45, 7) is 7.41. The number of nitrogens with one attached hydrogen (secondary N) is 1. The van der Waals surface area contributed by atoms with Crippen LogP contribution in [0.2, 0.25) is 0 Å². The molecule has 18 heavy (non-hydrogen) atoms. The molecule has 1 aromatic heterocycles. The highest BCUT2D eigenvalue weighted by atomic mass is 15.0. The predicted octanol–water partition coefficient (Wildman–Crippen LogP) is 2.76. The highest BCUT2D eigenvalue weighted by Crippen LogP contribution is 2.17. The van der Waals surface area contributed by atoms with E-state index in [-0.39, 0.29) is 0 Å². The molecule has 0 spiro atoms. The first-order valence-electron chi connectivity index (χ1n) is 6.40. The smallest absolute Gasteiger partial charge is 0.0991 e. The Hall–Kier alpha value is -1.79. The van der Waals surface area contributed by atoms with Crippen LogP contribution < -0.4 is 5.32 Å². The lowest BCUT2D eigenvalue weighted by molar-refractivity contribution is 0.529. The van der Waals surface area contributed by atoms with Gasteiger partial charge in [-0.2, -0.15) is 5.26 Å². The number of benzene rings is 1. The number of rotatable bonds is 5. The zero-order valence-electron chi connectivity index (χ0n) is 11.0. The van der Waals surface area contributed by atoms with Gasteiger partial charge in [0.2, 0.25) is 0 Å². The van der Waals surface area contributed by atoms with Crippen LogP contribution in [0.4, 0.5) is 0 Å². The summed E-state index contributed by atoms with van der Waals surface area (Å²) in [5.74, 6) is 0.685. The van der Waals surface area contributed by atoms with Gasteiger partial charge in [0.15, 0.2) is 0 Å². The van der Waals surface area contributed by atoms with Crippen LogP contribution in [0.3, 0.4) is 0 Å². The monoisotopic (exact) mass is 241 g/mol. The maximum absolute atomic E-state index is 8.86. The largest absolute Gasteiger partial charge is 0.346 e. The molecule has 0 atom stereocenters. The van der Waals surface area contributed by atoms with E-state index < -0.39 is 0 Å². The molecule has 2 aromatic rings. The lowest BCUT2D eigenvalue weighted by Crippen LogP contribution is -2.23. The molecule has 2 rings (SSSR count). The summed E-state index contributed by atoms with van der Waals surface area (Å²) in [6.07, 6.45) is 2.09. The van der Waals surface area contributed by atoms with Crippen molar-refractivity contribution >= 4 is 10.9 Å². The summed E-state index contributed by atoms with van der Waals surface area (Å²) in [5, 5.41) is 13.4. The molecule has 1 aromatic carbocycles. The van der Waals surface area contributed by atoms with E-state index in [0.29, 0.717) is 5.92 Å². The van der Waals surface area contributed by atoms with Crippen molar-refractivity contribution in [1.29, 1.82) is 5.26 Å². The van der Waals surface area contributed by atoms with Crippen molar-refractivity contribution in [2.24, 2.45) is 5.92 Å². The Kier molecular flexibility index (Phi) is 4.01. The topological polar surface area (TPSA) is 40.8 Å². The number of aromatic nitrogens is 1. The summed E-state index contributed by atoms with van der Waals surface area (Å²) < 4.78 is 2.23. The average molecular weight is 241 g/mol. The van der Waals surface area contributed by atoms with E-state index in [4.69, 9.17) is 5.26 Å². The summed E-state index contributed by atoms with van der Waals surface area (Å²) in [7, 11) is 0. The Balaban J connectivity index is 2.04. The lowest BCUT2D eigenvalue weighted by atomic mass is 10.2. The molecule has 3 nitrogen and oxygen atoms in total. The van der Waals surface area contributed by atoms with E-state index in [1.165, 1.54) is 5.52 Å². The van der Waals surface area contributed by atoms with Gasteiger partial charge >= 0.3 is 0 Å². The molecule has 1 N–H and O–H groups in total. The van der Waals surface area contributed by atoms with E-state index >= 15 is 0 Å². The van der Waals surface area contributed by atoms with Crippen LogP contribution in [0.15, 0.2) is 30.5 Å². The van der Waals surface area contributed by atoms with E-state index in [1.807, 2.05) is 18.2 Å². The molecule has 0 aliphatic carbocycles. The number of fused-ring (bicyclic) bond motifs is 1. The zero-order valence-corrected chi connectivity index (χ0v) is 11.0. The first-order chi connectivity index (χ1) is 8.70. The summed E-state index contributed by atoms with van der Waals surface area (Å²) in [5.41, 5.74) is 1.92. The number of nitrogens with zero attached hydrogens (tertiary/aromatic N) is 2.